The third kappa shape index (κ3) is 3.29. The molecule has 0 fully saturated rings. The number of rotatable bonds is 3. The number of nitrogens with one attached hydrogen (secondary N) is 1. The van der Waals surface area contributed by atoms with Gasteiger partial charge in [0.25, 0.3) is 0 Å². The summed E-state index contributed by atoms with van der Waals surface area (Å²) >= 11 is 0. The average molecular weight is 146 g/mol. The molecular weight excluding hydrogens is 132 g/mol. The molecule has 0 aliphatic rings. The van der Waals surface area contributed by atoms with Gasteiger partial charge in [0.1, 0.15) is 0 Å². The maximum Gasteiger partial charge on any atom is 0.341 e. The Morgan fingerprint density at radius 2 is 2.20 bits per heavy atom. The summed E-state index contributed by atoms with van der Waals surface area (Å²) in [5.74, 6) is 0. The highest BCUT2D eigenvalue weighted by molar-refractivity contribution is 5.72. The van der Waals surface area contributed by atoms with Gasteiger partial charge in [-0.05, 0) is 13.3 Å². The van der Waals surface area contributed by atoms with Crippen LogP contribution in [-0.2, 0) is 0 Å². The minimum atomic E-state index is -0.427. The zero-order valence-electron chi connectivity index (χ0n) is 6.42. The average Bonchev–Trinajstić information content (AvgIpc) is 1.89. The summed E-state index contributed by atoms with van der Waals surface area (Å²) in [4.78, 5) is 10.7. The van der Waals surface area contributed by atoms with Crippen molar-refractivity contribution < 1.29 is 10.0 Å². The Labute approximate surface area is 60.8 Å². The van der Waals surface area contributed by atoms with Crippen LogP contribution in [0.5, 0.6) is 0 Å². The van der Waals surface area contributed by atoms with Crippen molar-refractivity contribution in [3.8, 4) is 0 Å². The lowest BCUT2D eigenvalue weighted by Crippen LogP contribution is -2.37. The van der Waals surface area contributed by atoms with Gasteiger partial charge < -0.3 is 5.32 Å². The minimum Gasteiger partial charge on any atom is -0.336 e. The van der Waals surface area contributed by atoms with Crippen molar-refractivity contribution in [2.24, 2.45) is 0 Å². The van der Waals surface area contributed by atoms with Gasteiger partial charge in [0, 0.05) is 13.1 Å². The van der Waals surface area contributed by atoms with E-state index in [0.717, 1.165) is 6.42 Å². The Kier molecular flexibility index (Phi) is 4.66. The van der Waals surface area contributed by atoms with Crippen LogP contribution in [0.3, 0.4) is 0 Å². The predicted molar refractivity (Wildman–Crippen MR) is 37.9 cm³/mol. The minimum absolute atomic E-state index is 0.381. The fraction of sp³-hybridized carbons (Fsp3) is 0.833. The quantitative estimate of drug-likeness (QED) is 0.457. The van der Waals surface area contributed by atoms with Gasteiger partial charge in [-0.2, -0.15) is 0 Å². The fourth-order valence-corrected chi connectivity index (χ4v) is 0.556. The molecule has 0 atom stereocenters. The number of carbonyl (C=O) groups excluding carboxylic acids is 1. The number of hydrogen-bond donors (Lipinski definition) is 2. The smallest absolute Gasteiger partial charge is 0.336 e. The van der Waals surface area contributed by atoms with Gasteiger partial charge in [0.05, 0.1) is 0 Å². The first-order chi connectivity index (χ1) is 4.72. The van der Waals surface area contributed by atoms with Gasteiger partial charge >= 0.3 is 6.03 Å². The highest BCUT2D eigenvalue weighted by Gasteiger charge is 2.05. The number of hydroxylamine groups is 2. The van der Waals surface area contributed by atoms with Crippen molar-refractivity contribution in [2.45, 2.75) is 20.3 Å². The largest absolute Gasteiger partial charge is 0.341 e. The summed E-state index contributed by atoms with van der Waals surface area (Å²) < 4.78 is 0. The number of amides is 2. The summed E-state index contributed by atoms with van der Waals surface area (Å²) in [5.41, 5.74) is 0. The van der Waals surface area contributed by atoms with E-state index in [1.54, 1.807) is 6.92 Å². The Bertz CT molecular complexity index is 106. The van der Waals surface area contributed by atoms with Gasteiger partial charge in [-0.1, -0.05) is 6.92 Å². The van der Waals surface area contributed by atoms with Crippen molar-refractivity contribution in [3.63, 3.8) is 0 Å². The molecule has 0 aromatic carbocycles. The Balaban J connectivity index is 3.49. The normalized spacial score (nSPS) is 9.10. The molecule has 0 bridgehead atoms. The van der Waals surface area contributed by atoms with Crippen molar-refractivity contribution in [2.75, 3.05) is 13.1 Å². The second-order valence-corrected chi connectivity index (χ2v) is 1.96. The van der Waals surface area contributed by atoms with Crippen molar-refractivity contribution in [1.82, 2.24) is 10.4 Å². The molecule has 0 rings (SSSR count). The van der Waals surface area contributed by atoms with Crippen LogP contribution in [0.1, 0.15) is 20.3 Å². The second-order valence-electron chi connectivity index (χ2n) is 1.96. The lowest BCUT2D eigenvalue weighted by atomic mass is 10.5. The molecule has 0 spiro atoms. The SMILES string of the molecule is CCCN(O)C(=O)NCC. The van der Waals surface area contributed by atoms with Crippen LogP contribution >= 0.6 is 0 Å². The molecule has 0 unspecified atom stereocenters. The molecule has 4 heteroatoms. The number of nitrogens with zero attached hydrogens (tertiary/aromatic N) is 1. The van der Waals surface area contributed by atoms with Crippen LogP contribution < -0.4 is 5.32 Å². The van der Waals surface area contributed by atoms with Gasteiger partial charge in [0.15, 0.2) is 0 Å². The van der Waals surface area contributed by atoms with E-state index in [0.29, 0.717) is 18.2 Å². The summed E-state index contributed by atoms with van der Waals surface area (Å²) in [5, 5.41) is 12.0. The van der Waals surface area contributed by atoms with E-state index < -0.39 is 6.03 Å². The van der Waals surface area contributed by atoms with Crippen molar-refractivity contribution in [3.05, 3.63) is 0 Å². The van der Waals surface area contributed by atoms with E-state index in [1.165, 1.54) is 0 Å². The molecule has 0 radical (unpaired) electrons. The van der Waals surface area contributed by atoms with E-state index in [4.69, 9.17) is 5.21 Å². The maximum atomic E-state index is 10.7. The molecular formula is C6H14N2O2. The molecule has 0 aromatic rings. The molecule has 10 heavy (non-hydrogen) atoms. The molecule has 4 nitrogen and oxygen atoms in total. The molecule has 2 amide bonds. The van der Waals surface area contributed by atoms with Crippen molar-refractivity contribution >= 4 is 6.03 Å². The molecule has 0 saturated heterocycles. The molecule has 0 aliphatic carbocycles. The Morgan fingerprint density at radius 3 is 2.60 bits per heavy atom. The third-order valence-electron chi connectivity index (χ3n) is 0.998. The highest BCUT2D eigenvalue weighted by Crippen LogP contribution is 1.85. The first kappa shape index (κ1) is 9.23. The van der Waals surface area contributed by atoms with Crippen LogP contribution in [0, 0.1) is 0 Å². The van der Waals surface area contributed by atoms with E-state index >= 15 is 0 Å². The van der Waals surface area contributed by atoms with E-state index in [-0.39, 0.29) is 0 Å². The topological polar surface area (TPSA) is 52.6 Å². The summed E-state index contributed by atoms with van der Waals surface area (Å²) in [6.07, 6.45) is 0.758. The van der Waals surface area contributed by atoms with E-state index in [2.05, 4.69) is 5.32 Å². The lowest BCUT2D eigenvalue weighted by molar-refractivity contribution is -0.0426. The summed E-state index contributed by atoms with van der Waals surface area (Å²) in [6, 6.07) is -0.427. The van der Waals surface area contributed by atoms with E-state index in [9.17, 15) is 4.79 Å². The van der Waals surface area contributed by atoms with Gasteiger partial charge in [-0.15, -0.1) is 0 Å². The fourth-order valence-electron chi connectivity index (χ4n) is 0.556. The van der Waals surface area contributed by atoms with Crippen molar-refractivity contribution in [1.29, 1.82) is 0 Å². The Morgan fingerprint density at radius 1 is 1.60 bits per heavy atom. The first-order valence-electron chi connectivity index (χ1n) is 3.46. The van der Waals surface area contributed by atoms with Crippen LogP contribution in [0.25, 0.3) is 0 Å². The number of carbonyl (C=O) groups is 1. The van der Waals surface area contributed by atoms with E-state index in [1.807, 2.05) is 6.92 Å². The molecule has 0 saturated carbocycles. The molecule has 0 heterocycles. The zero-order valence-corrected chi connectivity index (χ0v) is 6.42. The molecule has 0 aliphatic heterocycles. The standard InChI is InChI=1S/C6H14N2O2/c1-3-5-8(10)6(9)7-4-2/h10H,3-5H2,1-2H3,(H,7,9). The second kappa shape index (κ2) is 5.05. The molecule has 2 N–H and O–H groups in total. The Hall–Kier alpha value is -0.770. The first-order valence-corrected chi connectivity index (χ1v) is 3.46. The molecule has 0 aromatic heterocycles. The van der Waals surface area contributed by atoms with Gasteiger partial charge in [0.2, 0.25) is 0 Å². The number of hydrogen-bond acceptors (Lipinski definition) is 2. The highest BCUT2D eigenvalue weighted by atomic mass is 16.5. The van der Waals surface area contributed by atoms with Crippen LogP contribution in [0.2, 0.25) is 0 Å². The summed E-state index contributed by atoms with van der Waals surface area (Å²) in [6.45, 7) is 4.62. The maximum absolute atomic E-state index is 10.7. The third-order valence-corrected chi connectivity index (χ3v) is 0.998. The van der Waals surface area contributed by atoms with Crippen LogP contribution in [-0.4, -0.2) is 29.4 Å². The predicted octanol–water partition coefficient (Wildman–Crippen LogP) is 0.817. The monoisotopic (exact) mass is 146 g/mol. The van der Waals surface area contributed by atoms with Crippen LogP contribution in [0.4, 0.5) is 4.79 Å². The molecule has 60 valence electrons. The van der Waals surface area contributed by atoms with Crippen LogP contribution in [0.15, 0.2) is 0 Å². The summed E-state index contributed by atoms with van der Waals surface area (Å²) in [7, 11) is 0. The number of urea groups is 1. The lowest BCUT2D eigenvalue weighted by Gasteiger charge is -2.13. The van der Waals surface area contributed by atoms with Gasteiger partial charge in [-0.3, -0.25) is 5.21 Å². The van der Waals surface area contributed by atoms with Gasteiger partial charge in [-0.25, -0.2) is 9.86 Å². The zero-order chi connectivity index (χ0) is 7.98.